The molecule has 3 heteroatoms. The zero-order valence-electron chi connectivity index (χ0n) is 13.3. The summed E-state index contributed by atoms with van der Waals surface area (Å²) in [5.41, 5.74) is 8.34. The molecular weight excluding hydrogens is 272 g/mol. The summed E-state index contributed by atoms with van der Waals surface area (Å²) in [7, 11) is 0. The molecule has 0 fully saturated rings. The summed E-state index contributed by atoms with van der Waals surface area (Å²) in [4.78, 5) is 11.0. The Bertz CT molecular complexity index is 593. The van der Waals surface area contributed by atoms with Crippen LogP contribution in [0.15, 0.2) is 54.6 Å². The van der Waals surface area contributed by atoms with Gasteiger partial charge in [-0.2, -0.15) is 0 Å². The van der Waals surface area contributed by atoms with Crippen molar-refractivity contribution in [3.63, 3.8) is 0 Å². The molecule has 22 heavy (non-hydrogen) atoms. The molecule has 0 saturated heterocycles. The van der Waals surface area contributed by atoms with Crippen LogP contribution in [0.3, 0.4) is 0 Å². The lowest BCUT2D eigenvalue weighted by Crippen LogP contribution is -2.29. The summed E-state index contributed by atoms with van der Waals surface area (Å²) in [6.07, 6.45) is 2.03. The van der Waals surface area contributed by atoms with Crippen LogP contribution in [-0.2, 0) is 6.42 Å². The van der Waals surface area contributed by atoms with E-state index in [9.17, 15) is 4.79 Å². The predicted octanol–water partition coefficient (Wildman–Crippen LogP) is 3.46. The van der Waals surface area contributed by atoms with E-state index in [1.165, 1.54) is 11.1 Å². The number of nitrogens with one attached hydrogen (secondary N) is 1. The third-order valence-corrected chi connectivity index (χ3v) is 3.94. The van der Waals surface area contributed by atoms with Crippen molar-refractivity contribution in [3.05, 3.63) is 71.3 Å². The van der Waals surface area contributed by atoms with Gasteiger partial charge in [-0.15, -0.1) is 0 Å². The van der Waals surface area contributed by atoms with Gasteiger partial charge in [-0.05, 0) is 49.9 Å². The lowest BCUT2D eigenvalue weighted by Gasteiger charge is -2.20. The van der Waals surface area contributed by atoms with E-state index < -0.39 is 0 Å². The maximum atomic E-state index is 11.0. The highest BCUT2D eigenvalue weighted by molar-refractivity contribution is 5.92. The average molecular weight is 296 g/mol. The largest absolute Gasteiger partial charge is 0.366 e. The lowest BCUT2D eigenvalue weighted by atomic mass is 10.0. The molecule has 2 aromatic rings. The number of hydrogen-bond donors (Lipinski definition) is 2. The molecule has 0 aliphatic rings. The van der Waals surface area contributed by atoms with Crippen molar-refractivity contribution in [3.8, 4) is 0 Å². The van der Waals surface area contributed by atoms with E-state index in [2.05, 4.69) is 43.4 Å². The number of carbonyl (C=O) groups excluding carboxylic acids is 1. The highest BCUT2D eigenvalue weighted by Crippen LogP contribution is 2.14. The summed E-state index contributed by atoms with van der Waals surface area (Å²) in [5, 5.41) is 3.62. The molecule has 0 aliphatic heterocycles. The van der Waals surface area contributed by atoms with Crippen molar-refractivity contribution < 1.29 is 4.79 Å². The van der Waals surface area contributed by atoms with E-state index >= 15 is 0 Å². The van der Waals surface area contributed by atoms with Crippen molar-refractivity contribution in [1.82, 2.24) is 5.32 Å². The standard InChI is InChI=1S/C19H24N2O/c1-14(21-15(2)17-6-4-3-5-7-17)8-9-16-10-12-18(13-11-16)19(20)22/h3-7,10-15,21H,8-9H2,1-2H3,(H2,20,22)/t14-,15?/m1/s1. The van der Waals surface area contributed by atoms with Gasteiger partial charge in [0.1, 0.15) is 0 Å². The first-order valence-electron chi connectivity index (χ1n) is 7.76. The molecular formula is C19H24N2O. The number of primary amides is 1. The molecule has 0 bridgehead atoms. The molecule has 0 aromatic heterocycles. The first kappa shape index (κ1) is 16.2. The smallest absolute Gasteiger partial charge is 0.248 e. The van der Waals surface area contributed by atoms with Crippen LogP contribution in [0.1, 0.15) is 47.8 Å². The third kappa shape index (κ3) is 4.71. The maximum Gasteiger partial charge on any atom is 0.248 e. The van der Waals surface area contributed by atoms with E-state index in [0.717, 1.165) is 12.8 Å². The number of benzene rings is 2. The lowest BCUT2D eigenvalue weighted by molar-refractivity contribution is 0.100. The Kier molecular flexibility index (Phi) is 5.73. The van der Waals surface area contributed by atoms with Crippen LogP contribution < -0.4 is 11.1 Å². The van der Waals surface area contributed by atoms with E-state index in [1.54, 1.807) is 12.1 Å². The summed E-state index contributed by atoms with van der Waals surface area (Å²) < 4.78 is 0. The van der Waals surface area contributed by atoms with Crippen LogP contribution in [-0.4, -0.2) is 11.9 Å². The number of hydrogen-bond acceptors (Lipinski definition) is 2. The van der Waals surface area contributed by atoms with Gasteiger partial charge in [-0.1, -0.05) is 42.5 Å². The predicted molar refractivity (Wildman–Crippen MR) is 90.7 cm³/mol. The van der Waals surface area contributed by atoms with Crippen LogP contribution >= 0.6 is 0 Å². The topological polar surface area (TPSA) is 55.1 Å². The minimum atomic E-state index is -0.377. The zero-order chi connectivity index (χ0) is 15.9. The van der Waals surface area contributed by atoms with Crippen molar-refractivity contribution >= 4 is 5.91 Å². The zero-order valence-corrected chi connectivity index (χ0v) is 13.3. The van der Waals surface area contributed by atoms with Crippen LogP contribution in [0.2, 0.25) is 0 Å². The normalized spacial score (nSPS) is 13.5. The molecule has 0 spiro atoms. The Balaban J connectivity index is 1.82. The Labute approximate surface area is 132 Å². The fraction of sp³-hybridized carbons (Fsp3) is 0.316. The molecule has 2 atom stereocenters. The van der Waals surface area contributed by atoms with Crippen LogP contribution in [0.25, 0.3) is 0 Å². The van der Waals surface area contributed by atoms with Gasteiger partial charge in [0, 0.05) is 17.6 Å². The molecule has 3 N–H and O–H groups in total. The second-order valence-electron chi connectivity index (χ2n) is 5.80. The van der Waals surface area contributed by atoms with Gasteiger partial charge in [0.15, 0.2) is 0 Å². The van der Waals surface area contributed by atoms with E-state index in [0.29, 0.717) is 17.6 Å². The Morgan fingerprint density at radius 1 is 1.05 bits per heavy atom. The van der Waals surface area contributed by atoms with Crippen molar-refractivity contribution in [2.45, 2.75) is 38.8 Å². The third-order valence-electron chi connectivity index (χ3n) is 3.94. The van der Waals surface area contributed by atoms with Crippen LogP contribution in [0.5, 0.6) is 0 Å². The fourth-order valence-electron chi connectivity index (χ4n) is 2.57. The Morgan fingerprint density at radius 3 is 2.27 bits per heavy atom. The quantitative estimate of drug-likeness (QED) is 0.822. The minimum absolute atomic E-state index is 0.341. The molecule has 1 unspecified atom stereocenters. The van der Waals surface area contributed by atoms with Gasteiger partial charge < -0.3 is 11.1 Å². The summed E-state index contributed by atoms with van der Waals surface area (Å²) in [6, 6.07) is 18.8. The first-order chi connectivity index (χ1) is 10.6. The van der Waals surface area contributed by atoms with Crippen molar-refractivity contribution in [2.24, 2.45) is 5.73 Å². The van der Waals surface area contributed by atoms with Gasteiger partial charge in [0.25, 0.3) is 0 Å². The van der Waals surface area contributed by atoms with Crippen LogP contribution in [0, 0.1) is 0 Å². The fourth-order valence-corrected chi connectivity index (χ4v) is 2.57. The molecule has 3 nitrogen and oxygen atoms in total. The number of carbonyl (C=O) groups is 1. The Hall–Kier alpha value is -2.13. The second kappa shape index (κ2) is 7.76. The molecule has 1 amide bonds. The number of rotatable bonds is 7. The molecule has 0 heterocycles. The summed E-state index contributed by atoms with van der Waals surface area (Å²) >= 11 is 0. The number of nitrogens with two attached hydrogens (primary N) is 1. The van der Waals surface area contributed by atoms with Crippen LogP contribution in [0.4, 0.5) is 0 Å². The molecule has 116 valence electrons. The molecule has 0 radical (unpaired) electrons. The summed E-state index contributed by atoms with van der Waals surface area (Å²) in [5.74, 6) is -0.377. The van der Waals surface area contributed by atoms with Gasteiger partial charge >= 0.3 is 0 Å². The second-order valence-corrected chi connectivity index (χ2v) is 5.80. The van der Waals surface area contributed by atoms with Gasteiger partial charge in [-0.25, -0.2) is 0 Å². The first-order valence-corrected chi connectivity index (χ1v) is 7.76. The maximum absolute atomic E-state index is 11.0. The van der Waals surface area contributed by atoms with Crippen molar-refractivity contribution in [2.75, 3.05) is 0 Å². The number of aryl methyl sites for hydroxylation is 1. The van der Waals surface area contributed by atoms with Gasteiger partial charge in [-0.3, -0.25) is 4.79 Å². The molecule has 0 saturated carbocycles. The van der Waals surface area contributed by atoms with Gasteiger partial charge in [0.05, 0.1) is 0 Å². The highest BCUT2D eigenvalue weighted by Gasteiger charge is 2.09. The van der Waals surface area contributed by atoms with E-state index in [4.69, 9.17) is 5.73 Å². The average Bonchev–Trinajstić information content (AvgIpc) is 2.54. The molecule has 2 rings (SSSR count). The van der Waals surface area contributed by atoms with E-state index in [-0.39, 0.29) is 5.91 Å². The number of amides is 1. The summed E-state index contributed by atoms with van der Waals surface area (Å²) in [6.45, 7) is 4.39. The molecule has 2 aromatic carbocycles. The minimum Gasteiger partial charge on any atom is -0.366 e. The van der Waals surface area contributed by atoms with E-state index in [1.807, 2.05) is 18.2 Å². The highest BCUT2D eigenvalue weighted by atomic mass is 16.1. The molecule has 0 aliphatic carbocycles. The van der Waals surface area contributed by atoms with Crippen molar-refractivity contribution in [1.29, 1.82) is 0 Å². The Morgan fingerprint density at radius 2 is 1.68 bits per heavy atom. The van der Waals surface area contributed by atoms with Gasteiger partial charge in [0.2, 0.25) is 5.91 Å². The SMILES string of the molecule is CC(N[C@H](C)CCc1ccc(C(N)=O)cc1)c1ccccc1. The monoisotopic (exact) mass is 296 g/mol.